The van der Waals surface area contributed by atoms with Gasteiger partial charge in [0.1, 0.15) is 24.5 Å². The first-order chi connectivity index (χ1) is 14.2. The van der Waals surface area contributed by atoms with Gasteiger partial charge in [-0.2, -0.15) is 0 Å². The molecule has 1 saturated heterocycles. The third-order valence-electron chi connectivity index (χ3n) is 5.23. The quantitative estimate of drug-likeness (QED) is 0.655. The van der Waals surface area contributed by atoms with E-state index in [1.165, 1.54) is 5.56 Å². The van der Waals surface area contributed by atoms with Gasteiger partial charge in [0.05, 0.1) is 6.54 Å². The number of hydrogen-bond acceptors (Lipinski definition) is 4. The lowest BCUT2D eigenvalue weighted by Crippen LogP contribution is -2.40. The van der Waals surface area contributed by atoms with E-state index in [1.54, 1.807) is 0 Å². The van der Waals surface area contributed by atoms with Gasteiger partial charge < -0.3 is 15.2 Å². The third-order valence-corrected chi connectivity index (χ3v) is 5.23. The normalized spacial score (nSPS) is 17.7. The highest BCUT2D eigenvalue weighted by Gasteiger charge is 2.38. The first-order valence-electron chi connectivity index (χ1n) is 10.3. The van der Waals surface area contributed by atoms with Crippen molar-refractivity contribution in [3.63, 3.8) is 0 Å². The number of β-amino-alcohol motifs (C(OH)–C–C–N with tert-alkyl or cyclic N) is 1. The number of amides is 3. The third kappa shape index (κ3) is 5.60. The number of hydrogen-bond donors (Lipinski definition) is 2. The van der Waals surface area contributed by atoms with Crippen molar-refractivity contribution >= 4 is 11.9 Å². The van der Waals surface area contributed by atoms with Crippen LogP contribution in [0.3, 0.4) is 0 Å². The minimum absolute atomic E-state index is 0.000602. The number of carbonyl (C=O) groups excluding carboxylic acids is 2. The van der Waals surface area contributed by atoms with Crippen LogP contribution in [0.25, 0.3) is 0 Å². The standard InChI is InChI=1S/C24H30N2O4/c1-24(2,3)18-10-12-20(13-11-18)30-16-19(27)15-26-22(28)21(25-23(26)29)14-9-17-7-5-4-6-8-17/h4-8,10-13,19,21,27H,9,14-16H2,1-3H3,(H,25,29). The fourth-order valence-corrected chi connectivity index (χ4v) is 3.41. The van der Waals surface area contributed by atoms with E-state index in [0.717, 1.165) is 10.5 Å². The van der Waals surface area contributed by atoms with E-state index >= 15 is 0 Å². The van der Waals surface area contributed by atoms with Gasteiger partial charge in [0.15, 0.2) is 0 Å². The van der Waals surface area contributed by atoms with Crippen LogP contribution in [-0.4, -0.2) is 47.2 Å². The van der Waals surface area contributed by atoms with Gasteiger partial charge in [0, 0.05) is 0 Å². The first kappa shape index (κ1) is 21.8. The van der Waals surface area contributed by atoms with Gasteiger partial charge in [-0.1, -0.05) is 63.2 Å². The van der Waals surface area contributed by atoms with Crippen molar-refractivity contribution in [3.05, 3.63) is 65.7 Å². The summed E-state index contributed by atoms with van der Waals surface area (Å²) in [6.45, 7) is 6.32. The molecule has 0 radical (unpaired) electrons. The predicted octanol–water partition coefficient (Wildman–Crippen LogP) is 3.28. The fraction of sp³-hybridized carbons (Fsp3) is 0.417. The Hall–Kier alpha value is -2.86. The van der Waals surface area contributed by atoms with Crippen LogP contribution in [0.1, 0.15) is 38.3 Å². The van der Waals surface area contributed by atoms with Gasteiger partial charge in [-0.05, 0) is 41.5 Å². The molecule has 2 aromatic rings. The Morgan fingerprint density at radius 1 is 1.07 bits per heavy atom. The van der Waals surface area contributed by atoms with Gasteiger partial charge in [0.2, 0.25) is 0 Å². The van der Waals surface area contributed by atoms with Crippen LogP contribution in [0, 0.1) is 0 Å². The number of urea groups is 1. The molecule has 1 heterocycles. The molecule has 1 aliphatic rings. The predicted molar refractivity (Wildman–Crippen MR) is 115 cm³/mol. The monoisotopic (exact) mass is 410 g/mol. The van der Waals surface area contributed by atoms with Crippen molar-refractivity contribution in [1.29, 1.82) is 0 Å². The van der Waals surface area contributed by atoms with E-state index < -0.39 is 18.2 Å². The topological polar surface area (TPSA) is 78.9 Å². The molecule has 2 N–H and O–H groups in total. The molecule has 3 amide bonds. The highest BCUT2D eigenvalue weighted by atomic mass is 16.5. The molecular formula is C24H30N2O4. The zero-order valence-corrected chi connectivity index (χ0v) is 17.8. The largest absolute Gasteiger partial charge is 0.491 e. The van der Waals surface area contributed by atoms with E-state index in [1.807, 2.05) is 54.6 Å². The summed E-state index contributed by atoms with van der Waals surface area (Å²) in [5.74, 6) is 0.337. The zero-order valence-electron chi connectivity index (χ0n) is 17.8. The fourth-order valence-electron chi connectivity index (χ4n) is 3.41. The van der Waals surface area contributed by atoms with Crippen LogP contribution < -0.4 is 10.1 Å². The summed E-state index contributed by atoms with van der Waals surface area (Å²) >= 11 is 0. The van der Waals surface area contributed by atoms with Gasteiger partial charge >= 0.3 is 6.03 Å². The Morgan fingerprint density at radius 2 is 1.73 bits per heavy atom. The second-order valence-electron chi connectivity index (χ2n) is 8.71. The number of nitrogens with one attached hydrogen (secondary N) is 1. The molecule has 160 valence electrons. The lowest BCUT2D eigenvalue weighted by atomic mass is 9.87. The summed E-state index contributed by atoms with van der Waals surface area (Å²) in [6.07, 6.45) is 0.259. The molecule has 1 fully saturated rings. The number of imide groups is 1. The lowest BCUT2D eigenvalue weighted by Gasteiger charge is -2.20. The summed E-state index contributed by atoms with van der Waals surface area (Å²) in [6, 6.07) is 16.5. The molecule has 6 heteroatoms. The van der Waals surface area contributed by atoms with Crippen molar-refractivity contribution in [2.24, 2.45) is 0 Å². The van der Waals surface area contributed by atoms with Crippen LogP contribution in [0.15, 0.2) is 54.6 Å². The van der Waals surface area contributed by atoms with Crippen LogP contribution in [-0.2, 0) is 16.6 Å². The van der Waals surface area contributed by atoms with E-state index in [0.29, 0.717) is 18.6 Å². The maximum Gasteiger partial charge on any atom is 0.324 e. The zero-order chi connectivity index (χ0) is 21.7. The lowest BCUT2D eigenvalue weighted by molar-refractivity contribution is -0.128. The second kappa shape index (κ2) is 9.30. The summed E-state index contributed by atoms with van der Waals surface area (Å²) < 4.78 is 5.63. The molecule has 2 aromatic carbocycles. The number of carbonyl (C=O) groups is 2. The molecule has 30 heavy (non-hydrogen) atoms. The Balaban J connectivity index is 1.48. The molecule has 0 spiro atoms. The van der Waals surface area contributed by atoms with Crippen molar-refractivity contribution in [3.8, 4) is 5.75 Å². The summed E-state index contributed by atoms with van der Waals surface area (Å²) in [5.41, 5.74) is 2.36. The Bertz CT molecular complexity index is 859. The summed E-state index contributed by atoms with van der Waals surface area (Å²) in [7, 11) is 0. The molecule has 0 aliphatic carbocycles. The van der Waals surface area contributed by atoms with Crippen LogP contribution >= 0.6 is 0 Å². The maximum atomic E-state index is 12.6. The van der Waals surface area contributed by atoms with Crippen molar-refractivity contribution in [2.75, 3.05) is 13.2 Å². The Morgan fingerprint density at radius 3 is 2.37 bits per heavy atom. The minimum Gasteiger partial charge on any atom is -0.491 e. The van der Waals surface area contributed by atoms with Crippen LogP contribution in [0.2, 0.25) is 0 Å². The maximum absolute atomic E-state index is 12.6. The average Bonchev–Trinajstić information content (AvgIpc) is 2.98. The number of aliphatic hydroxyl groups excluding tert-OH is 1. The average molecular weight is 411 g/mol. The van der Waals surface area contributed by atoms with E-state index in [4.69, 9.17) is 4.74 Å². The molecule has 2 unspecified atom stereocenters. The molecular weight excluding hydrogens is 380 g/mol. The van der Waals surface area contributed by atoms with E-state index in [-0.39, 0.29) is 24.5 Å². The highest BCUT2D eigenvalue weighted by molar-refractivity contribution is 6.04. The SMILES string of the molecule is CC(C)(C)c1ccc(OCC(O)CN2C(=O)NC(CCc3ccccc3)C2=O)cc1. The van der Waals surface area contributed by atoms with Gasteiger partial charge in [0.25, 0.3) is 5.91 Å². The second-order valence-corrected chi connectivity index (χ2v) is 8.71. The highest BCUT2D eigenvalue weighted by Crippen LogP contribution is 2.24. The molecule has 1 aliphatic heterocycles. The molecule has 2 atom stereocenters. The summed E-state index contributed by atoms with van der Waals surface area (Å²) in [4.78, 5) is 25.8. The van der Waals surface area contributed by atoms with Crippen molar-refractivity contribution in [1.82, 2.24) is 10.2 Å². The van der Waals surface area contributed by atoms with Gasteiger partial charge in [-0.15, -0.1) is 0 Å². The summed E-state index contributed by atoms with van der Waals surface area (Å²) in [5, 5.41) is 13.0. The van der Waals surface area contributed by atoms with Crippen molar-refractivity contribution < 1.29 is 19.4 Å². The van der Waals surface area contributed by atoms with Crippen LogP contribution in [0.4, 0.5) is 4.79 Å². The molecule has 0 saturated carbocycles. The molecule has 3 rings (SSSR count). The molecule has 6 nitrogen and oxygen atoms in total. The number of nitrogens with zero attached hydrogens (tertiary/aromatic N) is 1. The smallest absolute Gasteiger partial charge is 0.324 e. The number of benzene rings is 2. The van der Waals surface area contributed by atoms with E-state index in [9.17, 15) is 14.7 Å². The molecule has 0 aromatic heterocycles. The van der Waals surface area contributed by atoms with Crippen LogP contribution in [0.5, 0.6) is 5.75 Å². The van der Waals surface area contributed by atoms with Gasteiger partial charge in [-0.25, -0.2) is 4.79 Å². The number of aliphatic hydroxyl groups is 1. The number of rotatable bonds is 8. The molecule has 0 bridgehead atoms. The minimum atomic E-state index is -0.963. The Labute approximate surface area is 177 Å². The van der Waals surface area contributed by atoms with Crippen molar-refractivity contribution in [2.45, 2.75) is 51.2 Å². The number of ether oxygens (including phenoxy) is 1. The van der Waals surface area contributed by atoms with E-state index in [2.05, 4.69) is 26.1 Å². The Kier molecular flexibility index (Phi) is 6.77. The first-order valence-corrected chi connectivity index (χ1v) is 10.3. The number of aryl methyl sites for hydroxylation is 1. The van der Waals surface area contributed by atoms with Gasteiger partial charge in [-0.3, -0.25) is 9.69 Å².